The summed E-state index contributed by atoms with van der Waals surface area (Å²) in [6.07, 6.45) is 2.79. The first-order valence-corrected chi connectivity index (χ1v) is 4.43. The van der Waals surface area contributed by atoms with Gasteiger partial charge < -0.3 is 5.32 Å². The molecule has 1 fully saturated rings. The van der Waals surface area contributed by atoms with Crippen LogP contribution < -0.4 is 5.32 Å². The van der Waals surface area contributed by atoms with Crippen LogP contribution in [0.3, 0.4) is 0 Å². The molecule has 1 rings (SSSR count). The number of rotatable bonds is 1. The Bertz CT molecular complexity index is 90.9. The lowest BCUT2D eigenvalue weighted by molar-refractivity contribution is 0.277. The van der Waals surface area contributed by atoms with Gasteiger partial charge in [-0.25, -0.2) is 0 Å². The predicted octanol–water partition coefficient (Wildman–Crippen LogP) is 2.03. The predicted molar refractivity (Wildman–Crippen MR) is 45.0 cm³/mol. The van der Waals surface area contributed by atoms with Gasteiger partial charge in [0.15, 0.2) is 0 Å². The summed E-state index contributed by atoms with van der Waals surface area (Å²) < 4.78 is 0. The Morgan fingerprint density at radius 1 is 1.30 bits per heavy atom. The summed E-state index contributed by atoms with van der Waals surface area (Å²) >= 11 is 0. The van der Waals surface area contributed by atoms with Crippen molar-refractivity contribution in [3.8, 4) is 0 Å². The van der Waals surface area contributed by atoms with Crippen molar-refractivity contribution in [3.63, 3.8) is 0 Å². The van der Waals surface area contributed by atoms with Crippen LogP contribution in [0.1, 0.15) is 33.6 Å². The average molecular weight is 141 g/mol. The highest BCUT2D eigenvalue weighted by Crippen LogP contribution is 2.17. The van der Waals surface area contributed by atoms with Crippen LogP contribution in [0.25, 0.3) is 0 Å². The molecule has 1 saturated heterocycles. The van der Waals surface area contributed by atoms with Gasteiger partial charge in [0.25, 0.3) is 0 Å². The summed E-state index contributed by atoms with van der Waals surface area (Å²) in [6, 6.07) is 0.788. The van der Waals surface area contributed by atoms with Crippen molar-refractivity contribution in [2.75, 3.05) is 6.54 Å². The molecular weight excluding hydrogens is 122 g/mol. The summed E-state index contributed by atoms with van der Waals surface area (Å²) in [4.78, 5) is 0. The zero-order valence-electron chi connectivity index (χ0n) is 7.35. The van der Waals surface area contributed by atoms with E-state index in [4.69, 9.17) is 0 Å². The molecule has 2 atom stereocenters. The van der Waals surface area contributed by atoms with Crippen LogP contribution in [0.4, 0.5) is 0 Å². The first-order chi connectivity index (χ1) is 4.70. The molecule has 10 heavy (non-hydrogen) atoms. The van der Waals surface area contributed by atoms with Crippen LogP contribution in [0, 0.1) is 11.8 Å². The van der Waals surface area contributed by atoms with E-state index in [9.17, 15) is 0 Å². The van der Waals surface area contributed by atoms with Crippen LogP contribution in [-0.2, 0) is 0 Å². The van der Waals surface area contributed by atoms with Gasteiger partial charge in [-0.3, -0.25) is 0 Å². The smallest absolute Gasteiger partial charge is 0.00902 e. The van der Waals surface area contributed by atoms with Crippen molar-refractivity contribution in [2.45, 2.75) is 39.7 Å². The molecule has 0 unspecified atom stereocenters. The second-order valence-corrected chi connectivity index (χ2v) is 3.94. The van der Waals surface area contributed by atoms with Gasteiger partial charge in [0.1, 0.15) is 0 Å². The van der Waals surface area contributed by atoms with Crippen LogP contribution in [-0.4, -0.2) is 12.6 Å². The molecule has 1 nitrogen and oxygen atoms in total. The summed E-state index contributed by atoms with van der Waals surface area (Å²) in [6.45, 7) is 8.15. The fourth-order valence-electron chi connectivity index (χ4n) is 1.59. The average Bonchev–Trinajstić information content (AvgIpc) is 1.88. The summed E-state index contributed by atoms with van der Waals surface area (Å²) in [5, 5.41) is 3.57. The van der Waals surface area contributed by atoms with Crippen molar-refractivity contribution in [1.29, 1.82) is 0 Å². The molecular formula is C9H19N. The molecule has 0 saturated carbocycles. The highest BCUT2D eigenvalue weighted by molar-refractivity contribution is 4.77. The lowest BCUT2D eigenvalue weighted by atomic mass is 9.90. The molecule has 60 valence electrons. The number of hydrogen-bond donors (Lipinski definition) is 1. The molecule has 0 amide bonds. The Labute approximate surface area is 64.2 Å². The fraction of sp³-hybridized carbons (Fsp3) is 1.00. The molecule has 0 bridgehead atoms. The topological polar surface area (TPSA) is 12.0 Å². The van der Waals surface area contributed by atoms with E-state index in [1.165, 1.54) is 19.4 Å². The van der Waals surface area contributed by atoms with E-state index >= 15 is 0 Å². The van der Waals surface area contributed by atoms with Crippen LogP contribution in [0.5, 0.6) is 0 Å². The van der Waals surface area contributed by atoms with Gasteiger partial charge >= 0.3 is 0 Å². The zero-order chi connectivity index (χ0) is 7.56. The Hall–Kier alpha value is -0.0400. The maximum Gasteiger partial charge on any atom is 0.00902 e. The molecule has 1 heterocycles. The molecule has 0 spiro atoms. The largest absolute Gasteiger partial charge is 0.313 e. The van der Waals surface area contributed by atoms with Gasteiger partial charge in [-0.1, -0.05) is 20.8 Å². The van der Waals surface area contributed by atoms with Crippen LogP contribution >= 0.6 is 0 Å². The Morgan fingerprint density at radius 2 is 2.00 bits per heavy atom. The molecule has 1 heteroatoms. The van der Waals surface area contributed by atoms with Gasteiger partial charge in [-0.05, 0) is 31.2 Å². The SMILES string of the molecule is CC(C)[C@@H]1CC[C@@H](C)CN1. The zero-order valence-corrected chi connectivity index (χ0v) is 7.35. The molecule has 1 N–H and O–H groups in total. The van der Waals surface area contributed by atoms with Crippen LogP contribution in [0.2, 0.25) is 0 Å². The molecule has 1 aliphatic heterocycles. The molecule has 0 radical (unpaired) electrons. The molecule has 0 aromatic carbocycles. The monoisotopic (exact) mass is 141 g/mol. The first-order valence-electron chi connectivity index (χ1n) is 4.43. The number of nitrogens with one attached hydrogen (secondary N) is 1. The lowest BCUT2D eigenvalue weighted by Crippen LogP contribution is -2.41. The minimum atomic E-state index is 0.788. The van der Waals surface area contributed by atoms with E-state index in [1.54, 1.807) is 0 Å². The minimum Gasteiger partial charge on any atom is -0.313 e. The highest BCUT2D eigenvalue weighted by atomic mass is 14.9. The van der Waals surface area contributed by atoms with E-state index < -0.39 is 0 Å². The molecule has 0 aromatic heterocycles. The number of piperidine rings is 1. The van der Waals surface area contributed by atoms with E-state index in [0.717, 1.165) is 17.9 Å². The highest BCUT2D eigenvalue weighted by Gasteiger charge is 2.19. The summed E-state index contributed by atoms with van der Waals surface area (Å²) in [5.74, 6) is 1.71. The normalized spacial score (nSPS) is 34.8. The van der Waals surface area contributed by atoms with Crippen LogP contribution in [0.15, 0.2) is 0 Å². The Morgan fingerprint density at radius 3 is 2.40 bits per heavy atom. The Balaban J connectivity index is 2.26. The maximum atomic E-state index is 3.57. The van der Waals surface area contributed by atoms with Crippen molar-refractivity contribution < 1.29 is 0 Å². The summed E-state index contributed by atoms with van der Waals surface area (Å²) in [5.41, 5.74) is 0. The standard InChI is InChI=1S/C9H19N/c1-7(2)9-5-4-8(3)6-10-9/h7-10H,4-6H2,1-3H3/t8-,9+/m1/s1. The molecule has 0 aliphatic carbocycles. The second kappa shape index (κ2) is 3.38. The molecule has 0 aromatic rings. The summed E-state index contributed by atoms with van der Waals surface area (Å²) in [7, 11) is 0. The van der Waals surface area contributed by atoms with Crippen molar-refractivity contribution in [3.05, 3.63) is 0 Å². The number of hydrogen-bond acceptors (Lipinski definition) is 1. The quantitative estimate of drug-likeness (QED) is 0.589. The Kier molecular flexibility index (Phi) is 2.72. The first kappa shape index (κ1) is 8.06. The van der Waals surface area contributed by atoms with E-state index in [0.29, 0.717) is 0 Å². The minimum absolute atomic E-state index is 0.788. The maximum absolute atomic E-state index is 3.57. The van der Waals surface area contributed by atoms with Crippen molar-refractivity contribution in [2.24, 2.45) is 11.8 Å². The third-order valence-electron chi connectivity index (χ3n) is 2.50. The van der Waals surface area contributed by atoms with Gasteiger partial charge in [0, 0.05) is 6.04 Å². The van der Waals surface area contributed by atoms with Gasteiger partial charge in [0.05, 0.1) is 0 Å². The third-order valence-corrected chi connectivity index (χ3v) is 2.50. The van der Waals surface area contributed by atoms with Crippen molar-refractivity contribution >= 4 is 0 Å². The third kappa shape index (κ3) is 1.98. The van der Waals surface area contributed by atoms with Gasteiger partial charge in [-0.2, -0.15) is 0 Å². The lowest BCUT2D eigenvalue weighted by Gasteiger charge is -2.30. The van der Waals surface area contributed by atoms with E-state index in [1.807, 2.05) is 0 Å². The second-order valence-electron chi connectivity index (χ2n) is 3.94. The fourth-order valence-corrected chi connectivity index (χ4v) is 1.59. The van der Waals surface area contributed by atoms with E-state index in [-0.39, 0.29) is 0 Å². The van der Waals surface area contributed by atoms with Gasteiger partial charge in [0.2, 0.25) is 0 Å². The van der Waals surface area contributed by atoms with Crippen molar-refractivity contribution in [1.82, 2.24) is 5.32 Å². The van der Waals surface area contributed by atoms with E-state index in [2.05, 4.69) is 26.1 Å². The van der Waals surface area contributed by atoms with Gasteiger partial charge in [-0.15, -0.1) is 0 Å². The molecule has 1 aliphatic rings.